The van der Waals surface area contributed by atoms with Gasteiger partial charge in [-0.2, -0.15) is 5.26 Å². The maximum Gasteiger partial charge on any atom is 0.0655 e. The zero-order chi connectivity index (χ0) is 17.0. The molecule has 0 aromatic carbocycles. The highest BCUT2D eigenvalue weighted by atomic mass is 16.5. The summed E-state index contributed by atoms with van der Waals surface area (Å²) in [6, 6.07) is 2.54. The minimum atomic E-state index is 0.305. The van der Waals surface area contributed by atoms with Crippen LogP contribution in [-0.4, -0.2) is 12.2 Å². The van der Waals surface area contributed by atoms with Gasteiger partial charge in [-0.05, 0) is 44.4 Å². The highest BCUT2D eigenvalue weighted by Gasteiger charge is 2.39. The quantitative estimate of drug-likeness (QED) is 0.328. The van der Waals surface area contributed by atoms with E-state index in [1.807, 2.05) is 0 Å². The van der Waals surface area contributed by atoms with Crippen molar-refractivity contribution >= 4 is 0 Å². The van der Waals surface area contributed by atoms with Gasteiger partial charge in [-0.25, -0.2) is 0 Å². The third-order valence-electron chi connectivity index (χ3n) is 6.20. The topological polar surface area (TPSA) is 33.0 Å². The number of hydrogen-bond donors (Lipinski definition) is 0. The van der Waals surface area contributed by atoms with E-state index < -0.39 is 0 Å². The summed E-state index contributed by atoms with van der Waals surface area (Å²) in [6.07, 6.45) is 22.0. The summed E-state index contributed by atoms with van der Waals surface area (Å²) in [5.41, 5.74) is 0. The molecule has 0 aromatic rings. The minimum absolute atomic E-state index is 0.305. The fourth-order valence-electron chi connectivity index (χ4n) is 4.63. The summed E-state index contributed by atoms with van der Waals surface area (Å²) in [4.78, 5) is 0. The lowest BCUT2D eigenvalue weighted by Crippen LogP contribution is -2.20. The Kier molecular flexibility index (Phi) is 9.81. The predicted molar refractivity (Wildman–Crippen MR) is 101 cm³/mol. The average molecular weight is 334 g/mol. The van der Waals surface area contributed by atoms with Gasteiger partial charge >= 0.3 is 0 Å². The first-order valence-electron chi connectivity index (χ1n) is 10.9. The van der Waals surface area contributed by atoms with Gasteiger partial charge in [0.15, 0.2) is 0 Å². The van der Waals surface area contributed by atoms with Crippen LogP contribution in [-0.2, 0) is 4.74 Å². The van der Waals surface area contributed by atoms with Crippen LogP contribution in [0.1, 0.15) is 110 Å². The number of rotatable bonds is 14. The van der Waals surface area contributed by atoms with Gasteiger partial charge in [0, 0.05) is 5.92 Å². The van der Waals surface area contributed by atoms with Crippen molar-refractivity contribution in [1.82, 2.24) is 0 Å². The van der Waals surface area contributed by atoms with Gasteiger partial charge in [0.05, 0.1) is 18.3 Å². The molecule has 0 spiro atoms. The van der Waals surface area contributed by atoms with Gasteiger partial charge in [-0.3, -0.25) is 0 Å². The molecular weight excluding hydrogens is 294 g/mol. The van der Waals surface area contributed by atoms with Crippen molar-refractivity contribution in [2.24, 2.45) is 11.8 Å². The largest absolute Gasteiger partial charge is 0.375 e. The van der Waals surface area contributed by atoms with Crippen LogP contribution < -0.4 is 0 Å². The first kappa shape index (κ1) is 19.8. The summed E-state index contributed by atoms with van der Waals surface area (Å²) >= 11 is 0. The smallest absolute Gasteiger partial charge is 0.0655 e. The van der Waals surface area contributed by atoms with E-state index in [0.29, 0.717) is 18.1 Å². The Morgan fingerprint density at radius 3 is 2.17 bits per heavy atom. The Balaban J connectivity index is 1.40. The molecule has 0 amide bonds. The van der Waals surface area contributed by atoms with Crippen LogP contribution in [0.2, 0.25) is 0 Å². The monoisotopic (exact) mass is 333 g/mol. The van der Waals surface area contributed by atoms with Crippen molar-refractivity contribution < 1.29 is 4.74 Å². The first-order chi connectivity index (χ1) is 11.8. The van der Waals surface area contributed by atoms with Gasteiger partial charge in [0.2, 0.25) is 0 Å². The standard InChI is InChI=1S/C22H39NO/c1-2-3-4-5-6-7-9-12-19(18-23)13-10-8-11-14-22-20-15-16-21(17-20)24-22/h19-22H,2-17H2,1H3. The van der Waals surface area contributed by atoms with E-state index in [1.165, 1.54) is 89.9 Å². The molecule has 1 heterocycles. The molecule has 0 aromatic heterocycles. The summed E-state index contributed by atoms with van der Waals surface area (Å²) in [5.74, 6) is 1.18. The summed E-state index contributed by atoms with van der Waals surface area (Å²) in [7, 11) is 0. The fourth-order valence-corrected chi connectivity index (χ4v) is 4.63. The maximum atomic E-state index is 9.33. The number of fused-ring (bicyclic) bond motifs is 2. The lowest BCUT2D eigenvalue weighted by Gasteiger charge is -2.22. The van der Waals surface area contributed by atoms with Crippen LogP contribution in [0.25, 0.3) is 0 Å². The van der Waals surface area contributed by atoms with Gasteiger partial charge in [-0.1, -0.05) is 71.1 Å². The molecule has 2 rings (SSSR count). The fraction of sp³-hybridized carbons (Fsp3) is 0.955. The maximum absolute atomic E-state index is 9.33. The Labute approximate surface area is 150 Å². The van der Waals surface area contributed by atoms with Crippen molar-refractivity contribution in [2.45, 2.75) is 122 Å². The Bertz CT molecular complexity index is 361. The zero-order valence-corrected chi connectivity index (χ0v) is 16.0. The number of nitriles is 1. The van der Waals surface area contributed by atoms with Crippen LogP contribution >= 0.6 is 0 Å². The van der Waals surface area contributed by atoms with Crippen LogP contribution in [0.15, 0.2) is 0 Å². The molecule has 2 heteroatoms. The number of unbranched alkanes of at least 4 members (excludes halogenated alkanes) is 8. The molecule has 2 bridgehead atoms. The molecule has 4 atom stereocenters. The van der Waals surface area contributed by atoms with E-state index in [2.05, 4.69) is 13.0 Å². The van der Waals surface area contributed by atoms with E-state index >= 15 is 0 Å². The van der Waals surface area contributed by atoms with Gasteiger partial charge in [0.1, 0.15) is 0 Å². The van der Waals surface area contributed by atoms with Crippen LogP contribution in [0.4, 0.5) is 0 Å². The molecule has 1 saturated carbocycles. The van der Waals surface area contributed by atoms with Crippen LogP contribution in [0.3, 0.4) is 0 Å². The van der Waals surface area contributed by atoms with E-state index in [-0.39, 0.29) is 0 Å². The van der Waals surface area contributed by atoms with Gasteiger partial charge < -0.3 is 4.74 Å². The average Bonchev–Trinajstić information content (AvgIpc) is 3.22. The van der Waals surface area contributed by atoms with Crippen molar-refractivity contribution in [3.63, 3.8) is 0 Å². The zero-order valence-electron chi connectivity index (χ0n) is 16.0. The second kappa shape index (κ2) is 11.9. The lowest BCUT2D eigenvalue weighted by molar-refractivity contribution is -0.00166. The molecule has 2 nitrogen and oxygen atoms in total. The molecule has 2 aliphatic rings. The highest BCUT2D eigenvalue weighted by molar-refractivity contribution is 4.89. The molecule has 2 fully saturated rings. The summed E-state index contributed by atoms with van der Waals surface area (Å²) < 4.78 is 6.06. The first-order valence-corrected chi connectivity index (χ1v) is 10.9. The van der Waals surface area contributed by atoms with E-state index in [0.717, 1.165) is 18.8 Å². The van der Waals surface area contributed by atoms with Crippen molar-refractivity contribution in [3.05, 3.63) is 0 Å². The number of nitrogens with zero attached hydrogens (tertiary/aromatic N) is 1. The van der Waals surface area contributed by atoms with Crippen molar-refractivity contribution in [3.8, 4) is 6.07 Å². The Morgan fingerprint density at radius 2 is 1.58 bits per heavy atom. The summed E-state index contributed by atoms with van der Waals surface area (Å²) in [5, 5.41) is 9.33. The van der Waals surface area contributed by atoms with Crippen LogP contribution in [0, 0.1) is 23.2 Å². The molecule has 4 unspecified atom stereocenters. The summed E-state index contributed by atoms with van der Waals surface area (Å²) in [6.45, 7) is 2.27. The van der Waals surface area contributed by atoms with E-state index in [9.17, 15) is 5.26 Å². The van der Waals surface area contributed by atoms with Gasteiger partial charge in [0.25, 0.3) is 0 Å². The van der Waals surface area contributed by atoms with Crippen LogP contribution in [0.5, 0.6) is 0 Å². The minimum Gasteiger partial charge on any atom is -0.375 e. The molecular formula is C22H39NO. The number of hydrogen-bond acceptors (Lipinski definition) is 2. The second-order valence-electron chi connectivity index (χ2n) is 8.24. The Morgan fingerprint density at radius 1 is 0.917 bits per heavy atom. The van der Waals surface area contributed by atoms with Gasteiger partial charge in [-0.15, -0.1) is 0 Å². The predicted octanol–water partition coefficient (Wildman–Crippen LogP) is 6.78. The third kappa shape index (κ3) is 7.14. The molecule has 24 heavy (non-hydrogen) atoms. The SMILES string of the molecule is CCCCCCCCCC(C#N)CCCCCC1OC2CCC1C2. The van der Waals surface area contributed by atoms with E-state index in [1.54, 1.807) is 0 Å². The third-order valence-corrected chi connectivity index (χ3v) is 6.20. The number of ether oxygens (including phenoxy) is 1. The molecule has 138 valence electrons. The Hall–Kier alpha value is -0.550. The molecule has 0 N–H and O–H groups in total. The van der Waals surface area contributed by atoms with Crippen molar-refractivity contribution in [2.75, 3.05) is 0 Å². The molecule has 1 aliphatic carbocycles. The van der Waals surface area contributed by atoms with Crippen molar-refractivity contribution in [1.29, 1.82) is 5.26 Å². The molecule has 1 saturated heterocycles. The molecule has 1 aliphatic heterocycles. The second-order valence-corrected chi connectivity index (χ2v) is 8.24. The van der Waals surface area contributed by atoms with E-state index in [4.69, 9.17) is 4.74 Å². The molecule has 0 radical (unpaired) electrons. The lowest BCUT2D eigenvalue weighted by atomic mass is 9.93. The highest BCUT2D eigenvalue weighted by Crippen LogP contribution is 2.41. The normalized spacial score (nSPS) is 26.6.